The molecule has 3 amide bonds. The summed E-state index contributed by atoms with van der Waals surface area (Å²) < 4.78 is 44.0. The summed E-state index contributed by atoms with van der Waals surface area (Å²) in [7, 11) is 0. The summed E-state index contributed by atoms with van der Waals surface area (Å²) in [5.74, 6) is 0.943. The van der Waals surface area contributed by atoms with E-state index in [0.29, 0.717) is 42.7 Å². The predicted octanol–water partition coefficient (Wildman–Crippen LogP) is 8.27. The van der Waals surface area contributed by atoms with E-state index in [1.807, 2.05) is 35.0 Å². The number of fused-ring (bicyclic) bond motifs is 3. The van der Waals surface area contributed by atoms with E-state index in [0.717, 1.165) is 99.5 Å². The van der Waals surface area contributed by atoms with Crippen LogP contribution in [0.3, 0.4) is 0 Å². The first-order valence-electron chi connectivity index (χ1n) is 23.1. The Morgan fingerprint density at radius 3 is 2.55 bits per heavy atom. The predicted molar refractivity (Wildman–Crippen MR) is 239 cm³/mol. The summed E-state index contributed by atoms with van der Waals surface area (Å²) in [5.41, 5.74) is 3.02. The Kier molecular flexibility index (Phi) is 12.4. The summed E-state index contributed by atoms with van der Waals surface area (Å²) >= 11 is 0. The van der Waals surface area contributed by atoms with E-state index in [4.69, 9.17) is 14.1 Å². The van der Waals surface area contributed by atoms with Gasteiger partial charge in [0.05, 0.1) is 23.3 Å². The number of hydrogen-bond donors (Lipinski definition) is 3. The van der Waals surface area contributed by atoms with Crippen molar-refractivity contribution in [3.05, 3.63) is 84.3 Å². The Bertz CT molecular complexity index is 2680. The van der Waals surface area contributed by atoms with Gasteiger partial charge < -0.3 is 29.3 Å². The highest BCUT2D eigenvalue weighted by Crippen LogP contribution is 2.38. The van der Waals surface area contributed by atoms with Crippen LogP contribution in [0.15, 0.2) is 71.7 Å². The Hall–Kier alpha value is -6.07. The zero-order valence-corrected chi connectivity index (χ0v) is 36.3. The number of aryl methyl sites for hydroxylation is 1. The number of alkyl halides is 2. The number of likely N-dealkylation sites (tertiary alicyclic amines) is 1. The average Bonchev–Trinajstić information content (AvgIpc) is 3.67. The van der Waals surface area contributed by atoms with Crippen molar-refractivity contribution in [3.8, 4) is 11.5 Å². The Morgan fingerprint density at radius 2 is 1.75 bits per heavy atom. The van der Waals surface area contributed by atoms with E-state index >= 15 is 0 Å². The maximum Gasteiger partial charge on any atom is 0.284 e. The van der Waals surface area contributed by atoms with Crippen molar-refractivity contribution in [3.63, 3.8) is 0 Å². The molecular weight excluding hydrogens is 835 g/mol. The molecule has 65 heavy (non-hydrogen) atoms. The number of anilines is 2. The molecule has 0 bridgehead atoms. The summed E-state index contributed by atoms with van der Waals surface area (Å²) in [6, 6.07) is 13.2. The number of piperidine rings is 2. The van der Waals surface area contributed by atoms with Crippen LogP contribution in [-0.4, -0.2) is 90.8 Å². The molecule has 6 aromatic rings. The summed E-state index contributed by atoms with van der Waals surface area (Å²) in [6.45, 7) is 4.46. The average molecular weight is 889 g/mol. The Balaban J connectivity index is 0.675. The molecule has 7 heterocycles. The van der Waals surface area contributed by atoms with Gasteiger partial charge in [-0.3, -0.25) is 24.4 Å². The van der Waals surface area contributed by atoms with Gasteiger partial charge in [-0.05, 0) is 112 Å². The molecule has 0 radical (unpaired) electrons. The molecule has 1 atom stereocenters. The van der Waals surface area contributed by atoms with E-state index < -0.39 is 24.1 Å². The molecule has 1 unspecified atom stereocenters. The molecule has 2 saturated heterocycles. The number of carbonyl (C=O) groups is 3. The van der Waals surface area contributed by atoms with Crippen LogP contribution < -0.4 is 16.0 Å². The number of rotatable bonds is 16. The maximum absolute atomic E-state index is 14.2. The number of oxazole rings is 1. The minimum atomic E-state index is -2.86. The minimum absolute atomic E-state index is 0.0215. The first-order chi connectivity index (χ1) is 31.7. The fourth-order valence-corrected chi connectivity index (χ4v) is 9.93. The SMILES string of the molecule is O=C1CCC(n2c3ccccc3c3c(CCCOC4CCN(CC5CCC(n6cc(NC(=O)c7coc(-c8ccnc(NCC9CC9)c8)n7)c(C(F)F)n6)CC5)CC4)ccnc32)C(=O)N1. The standard InChI is InChI=1S/C48H54F2N10O5/c49-44(50)43-36(54-46(62)37-28-65-48(55-37)32-16-19-51-40(24-32)53-25-29-7-8-29)27-59(57-43)33-11-9-30(10-12-33)26-58-21-17-34(18-22-58)64-23-3-4-31-15-20-52-45-42(31)35-5-1-2-6-38(35)60(45)39-13-14-41(61)56-47(39)63/h1-2,5-6,15-16,19-20,24,27-30,33-34,39,44H,3-4,7-14,17-18,21-23,25-26H2,(H,51,53)(H,54,62)(H,56,61,63). The maximum atomic E-state index is 14.2. The number of ether oxygens (including phenoxy) is 1. The molecule has 4 aliphatic rings. The third-order valence-electron chi connectivity index (χ3n) is 13.6. The molecule has 10 rings (SSSR count). The van der Waals surface area contributed by atoms with Gasteiger partial charge in [0.1, 0.15) is 23.8 Å². The van der Waals surface area contributed by atoms with Gasteiger partial charge in [0.25, 0.3) is 12.3 Å². The van der Waals surface area contributed by atoms with Crippen LogP contribution in [0.25, 0.3) is 33.4 Å². The smallest absolute Gasteiger partial charge is 0.284 e. The first kappa shape index (κ1) is 42.9. The van der Waals surface area contributed by atoms with Crippen molar-refractivity contribution >= 4 is 51.2 Å². The van der Waals surface area contributed by atoms with E-state index in [9.17, 15) is 23.2 Å². The number of pyridine rings is 2. The van der Waals surface area contributed by atoms with Crippen LogP contribution in [0.1, 0.15) is 111 Å². The van der Waals surface area contributed by atoms with Crippen molar-refractivity contribution in [1.82, 2.24) is 39.5 Å². The van der Waals surface area contributed by atoms with Crippen molar-refractivity contribution < 1.29 is 32.3 Å². The number of imide groups is 1. The second-order valence-electron chi connectivity index (χ2n) is 18.1. The summed E-state index contributed by atoms with van der Waals surface area (Å²) in [5, 5.41) is 14.8. The van der Waals surface area contributed by atoms with Gasteiger partial charge >= 0.3 is 0 Å². The Labute approximate surface area is 374 Å². The number of aromatic nitrogens is 6. The number of para-hydroxylation sites is 1. The van der Waals surface area contributed by atoms with Gasteiger partial charge in [0.15, 0.2) is 11.4 Å². The van der Waals surface area contributed by atoms with E-state index in [2.05, 4.69) is 48.0 Å². The molecule has 340 valence electrons. The van der Waals surface area contributed by atoms with Crippen molar-refractivity contribution in [2.75, 3.05) is 43.4 Å². The van der Waals surface area contributed by atoms with Gasteiger partial charge in [0, 0.05) is 74.1 Å². The van der Waals surface area contributed by atoms with Gasteiger partial charge in [0.2, 0.25) is 17.7 Å². The molecule has 2 aliphatic heterocycles. The molecule has 17 heteroatoms. The first-order valence-corrected chi connectivity index (χ1v) is 23.1. The lowest BCUT2D eigenvalue weighted by Crippen LogP contribution is -2.41. The third kappa shape index (κ3) is 9.53. The second kappa shape index (κ2) is 18.8. The number of nitrogens with zero attached hydrogens (tertiary/aromatic N) is 7. The summed E-state index contributed by atoms with van der Waals surface area (Å²) in [6.07, 6.45) is 13.9. The van der Waals surface area contributed by atoms with Crippen LogP contribution >= 0.6 is 0 Å². The Morgan fingerprint density at radius 1 is 0.954 bits per heavy atom. The van der Waals surface area contributed by atoms with Gasteiger partial charge in [-0.25, -0.2) is 23.7 Å². The minimum Gasteiger partial charge on any atom is -0.444 e. The monoisotopic (exact) mass is 888 g/mol. The highest BCUT2D eigenvalue weighted by molar-refractivity contribution is 6.10. The van der Waals surface area contributed by atoms with Crippen LogP contribution in [-0.2, 0) is 20.7 Å². The van der Waals surface area contributed by atoms with Crippen LogP contribution in [0.2, 0.25) is 0 Å². The molecule has 15 nitrogen and oxygen atoms in total. The second-order valence-corrected chi connectivity index (χ2v) is 18.1. The lowest BCUT2D eigenvalue weighted by Gasteiger charge is -2.36. The van der Waals surface area contributed by atoms with Crippen molar-refractivity contribution in [2.24, 2.45) is 11.8 Å². The fraction of sp³-hybridized carbons (Fsp3) is 0.479. The van der Waals surface area contributed by atoms with Gasteiger partial charge in [-0.1, -0.05) is 18.2 Å². The third-order valence-corrected chi connectivity index (χ3v) is 13.6. The molecule has 2 aliphatic carbocycles. The molecule has 5 aromatic heterocycles. The number of nitrogens with one attached hydrogen (secondary N) is 3. The van der Waals surface area contributed by atoms with E-state index in [1.54, 1.807) is 16.9 Å². The molecule has 4 fully saturated rings. The fourth-order valence-electron chi connectivity index (χ4n) is 9.93. The van der Waals surface area contributed by atoms with E-state index in [-0.39, 0.29) is 41.2 Å². The largest absolute Gasteiger partial charge is 0.444 e. The number of benzene rings is 1. The van der Waals surface area contributed by atoms with Crippen LogP contribution in [0, 0.1) is 11.8 Å². The summed E-state index contributed by atoms with van der Waals surface area (Å²) in [4.78, 5) is 54.0. The molecule has 2 saturated carbocycles. The molecular formula is C48H54F2N10O5. The highest BCUT2D eigenvalue weighted by atomic mass is 19.3. The van der Waals surface area contributed by atoms with E-state index in [1.165, 1.54) is 30.9 Å². The van der Waals surface area contributed by atoms with Gasteiger partial charge in [-0.15, -0.1) is 0 Å². The number of hydrogen-bond acceptors (Lipinski definition) is 11. The molecule has 0 spiro atoms. The van der Waals surface area contributed by atoms with Gasteiger partial charge in [-0.2, -0.15) is 5.10 Å². The lowest BCUT2D eigenvalue weighted by molar-refractivity contribution is -0.135. The number of amides is 3. The zero-order valence-electron chi connectivity index (χ0n) is 36.3. The molecule has 1 aromatic carbocycles. The number of halogens is 2. The van der Waals surface area contributed by atoms with Crippen molar-refractivity contribution in [2.45, 2.75) is 102 Å². The number of carbonyl (C=O) groups excluding carboxylic acids is 3. The zero-order chi connectivity index (χ0) is 44.4. The normalized spacial score (nSPS) is 21.1. The lowest BCUT2D eigenvalue weighted by atomic mass is 9.85. The highest BCUT2D eigenvalue weighted by Gasteiger charge is 2.32. The van der Waals surface area contributed by atoms with Crippen LogP contribution in [0.5, 0.6) is 0 Å². The molecule has 3 N–H and O–H groups in total. The quantitative estimate of drug-likeness (QED) is 0.0631. The van der Waals surface area contributed by atoms with Crippen molar-refractivity contribution in [1.29, 1.82) is 0 Å². The van der Waals surface area contributed by atoms with Crippen LogP contribution in [0.4, 0.5) is 20.3 Å². The topological polar surface area (TPSA) is 174 Å².